The fourth-order valence-electron chi connectivity index (χ4n) is 3.82. The number of benzene rings is 2. The van der Waals surface area contributed by atoms with Crippen LogP contribution in [0, 0.1) is 0 Å². The molecule has 0 N–H and O–H groups in total. The number of amides is 1. The molecule has 0 saturated heterocycles. The van der Waals surface area contributed by atoms with Gasteiger partial charge in [-0.15, -0.1) is 11.3 Å². The summed E-state index contributed by atoms with van der Waals surface area (Å²) in [6.45, 7) is 0. The Bertz CT molecular complexity index is 1380. The molecule has 156 valence electrons. The highest BCUT2D eigenvalue weighted by Gasteiger charge is 2.46. The van der Waals surface area contributed by atoms with Gasteiger partial charge < -0.3 is 13.9 Å². The Labute approximate surface area is 185 Å². The normalized spacial score (nSPS) is 15.4. The van der Waals surface area contributed by atoms with Crippen LogP contribution in [0.2, 0.25) is 5.02 Å². The maximum Gasteiger partial charge on any atom is 0.297 e. The average Bonchev–Trinajstić information content (AvgIpc) is 3.40. The quantitative estimate of drug-likeness (QED) is 0.445. The number of methoxy groups -OCH3 is 2. The molecule has 0 aliphatic carbocycles. The summed E-state index contributed by atoms with van der Waals surface area (Å²) in [6.07, 6.45) is 1.60. The van der Waals surface area contributed by atoms with Crippen molar-refractivity contribution in [1.82, 2.24) is 4.98 Å². The Morgan fingerprint density at radius 2 is 1.97 bits per heavy atom. The summed E-state index contributed by atoms with van der Waals surface area (Å²) in [7, 11) is 3.07. The molecular weight excluding hydrogens is 440 g/mol. The number of thiazole rings is 1. The summed E-state index contributed by atoms with van der Waals surface area (Å²) in [5.41, 5.74) is 0.749. The van der Waals surface area contributed by atoms with Crippen LogP contribution < -0.4 is 19.8 Å². The number of halogens is 1. The zero-order chi connectivity index (χ0) is 21.7. The van der Waals surface area contributed by atoms with Gasteiger partial charge in [0.15, 0.2) is 10.6 Å². The molecule has 7 nitrogen and oxygen atoms in total. The van der Waals surface area contributed by atoms with E-state index in [9.17, 15) is 9.59 Å². The third-order valence-corrected chi connectivity index (χ3v) is 6.19. The first kappa shape index (κ1) is 19.6. The Morgan fingerprint density at radius 3 is 2.68 bits per heavy atom. The van der Waals surface area contributed by atoms with Gasteiger partial charge in [-0.25, -0.2) is 4.98 Å². The molecule has 2 aromatic heterocycles. The molecule has 1 amide bonds. The first-order valence-electron chi connectivity index (χ1n) is 9.24. The Kier molecular flexibility index (Phi) is 4.68. The zero-order valence-electron chi connectivity index (χ0n) is 16.4. The second kappa shape index (κ2) is 7.40. The highest BCUT2D eigenvalue weighted by atomic mass is 35.5. The van der Waals surface area contributed by atoms with Gasteiger partial charge >= 0.3 is 0 Å². The standard InChI is InChI=1S/C22H15ClN2O5S/c1-28-12-4-6-15(29-2)13(10-12)18-17-19(26)14-9-11(23)3-5-16(14)30-20(17)21(27)25(18)22-24-7-8-31-22/h3-10,18H,1-2H3/t18-/m1/s1. The molecule has 1 aliphatic rings. The number of ether oxygens (including phenoxy) is 2. The smallest absolute Gasteiger partial charge is 0.297 e. The van der Waals surface area contributed by atoms with E-state index < -0.39 is 11.9 Å². The molecule has 4 aromatic rings. The van der Waals surface area contributed by atoms with Crippen LogP contribution in [-0.2, 0) is 0 Å². The Balaban J connectivity index is 1.86. The second-order valence-electron chi connectivity index (χ2n) is 6.81. The number of fused-ring (bicyclic) bond motifs is 2. The van der Waals surface area contributed by atoms with Crippen molar-refractivity contribution in [3.8, 4) is 11.5 Å². The largest absolute Gasteiger partial charge is 0.497 e. The summed E-state index contributed by atoms with van der Waals surface area (Å²) in [4.78, 5) is 32.8. The van der Waals surface area contributed by atoms with Crippen LogP contribution >= 0.6 is 22.9 Å². The van der Waals surface area contributed by atoms with Crippen LogP contribution in [0.15, 0.2) is 57.2 Å². The van der Waals surface area contributed by atoms with E-state index in [1.54, 1.807) is 55.1 Å². The fourth-order valence-corrected chi connectivity index (χ4v) is 4.66. The van der Waals surface area contributed by atoms with Crippen molar-refractivity contribution in [2.75, 3.05) is 19.1 Å². The lowest BCUT2D eigenvalue weighted by atomic mass is 9.97. The van der Waals surface area contributed by atoms with Gasteiger partial charge in [0, 0.05) is 22.2 Å². The summed E-state index contributed by atoms with van der Waals surface area (Å²) in [5, 5.41) is 2.90. The van der Waals surface area contributed by atoms with Crippen molar-refractivity contribution < 1.29 is 18.7 Å². The topological polar surface area (TPSA) is 81.9 Å². The van der Waals surface area contributed by atoms with Crippen molar-refractivity contribution >= 4 is 44.9 Å². The average molecular weight is 455 g/mol. The highest BCUT2D eigenvalue weighted by molar-refractivity contribution is 7.13. The molecule has 1 atom stereocenters. The number of anilines is 1. The lowest BCUT2D eigenvalue weighted by Crippen LogP contribution is -2.29. The van der Waals surface area contributed by atoms with E-state index in [1.165, 1.54) is 23.3 Å². The summed E-state index contributed by atoms with van der Waals surface area (Å²) >= 11 is 7.40. The van der Waals surface area contributed by atoms with Gasteiger partial charge in [-0.1, -0.05) is 11.6 Å². The van der Waals surface area contributed by atoms with Crippen molar-refractivity contribution in [3.63, 3.8) is 0 Å². The molecule has 5 rings (SSSR count). The fraction of sp³-hybridized carbons (Fsp3) is 0.136. The van der Waals surface area contributed by atoms with Gasteiger partial charge in [0.1, 0.15) is 23.1 Å². The molecule has 0 bridgehead atoms. The predicted octanol–water partition coefficient (Wildman–Crippen LogP) is 4.67. The molecule has 0 saturated carbocycles. The molecule has 0 radical (unpaired) electrons. The monoisotopic (exact) mass is 454 g/mol. The van der Waals surface area contributed by atoms with Crippen LogP contribution in [0.3, 0.4) is 0 Å². The molecule has 3 heterocycles. The summed E-state index contributed by atoms with van der Waals surface area (Å²) in [5.74, 6) is 0.585. The van der Waals surface area contributed by atoms with Gasteiger partial charge in [0.2, 0.25) is 5.76 Å². The first-order valence-corrected chi connectivity index (χ1v) is 10.5. The zero-order valence-corrected chi connectivity index (χ0v) is 18.0. The van der Waals surface area contributed by atoms with Gasteiger partial charge in [-0.2, -0.15) is 0 Å². The van der Waals surface area contributed by atoms with E-state index in [0.29, 0.717) is 38.2 Å². The number of hydrogen-bond acceptors (Lipinski definition) is 7. The van der Waals surface area contributed by atoms with E-state index in [4.69, 9.17) is 25.5 Å². The summed E-state index contributed by atoms with van der Waals surface area (Å²) in [6, 6.07) is 9.15. The van der Waals surface area contributed by atoms with E-state index in [1.807, 2.05) is 0 Å². The molecular formula is C22H15ClN2O5S. The number of carbonyl (C=O) groups excluding carboxylic acids is 1. The van der Waals surface area contributed by atoms with Gasteiger partial charge in [0.05, 0.1) is 25.2 Å². The maximum atomic E-state index is 13.6. The molecule has 2 aromatic carbocycles. The van der Waals surface area contributed by atoms with Crippen LogP contribution in [-0.4, -0.2) is 25.1 Å². The van der Waals surface area contributed by atoms with E-state index in [0.717, 1.165) is 0 Å². The second-order valence-corrected chi connectivity index (χ2v) is 8.12. The van der Waals surface area contributed by atoms with Crippen molar-refractivity contribution in [2.45, 2.75) is 6.04 Å². The first-order chi connectivity index (χ1) is 15.0. The van der Waals surface area contributed by atoms with Crippen LogP contribution in [0.1, 0.15) is 27.7 Å². The predicted molar refractivity (Wildman–Crippen MR) is 118 cm³/mol. The number of nitrogens with zero attached hydrogens (tertiary/aromatic N) is 2. The van der Waals surface area contributed by atoms with Crippen molar-refractivity contribution in [3.05, 3.63) is 80.1 Å². The van der Waals surface area contributed by atoms with Gasteiger partial charge in [0.25, 0.3) is 5.91 Å². The number of rotatable bonds is 4. The molecule has 9 heteroatoms. The van der Waals surface area contributed by atoms with Crippen molar-refractivity contribution in [1.29, 1.82) is 0 Å². The third kappa shape index (κ3) is 2.98. The number of aromatic nitrogens is 1. The molecule has 1 aliphatic heterocycles. The number of hydrogen-bond donors (Lipinski definition) is 0. The van der Waals surface area contributed by atoms with E-state index >= 15 is 0 Å². The molecule has 0 fully saturated rings. The minimum atomic E-state index is -0.807. The Hall–Kier alpha value is -3.36. The van der Waals surface area contributed by atoms with Crippen LogP contribution in [0.4, 0.5) is 5.13 Å². The van der Waals surface area contributed by atoms with E-state index in [2.05, 4.69) is 4.98 Å². The Morgan fingerprint density at radius 1 is 1.13 bits per heavy atom. The number of carbonyl (C=O) groups is 1. The third-order valence-electron chi connectivity index (χ3n) is 5.19. The molecule has 0 unspecified atom stereocenters. The van der Waals surface area contributed by atoms with Gasteiger partial charge in [-0.3, -0.25) is 14.5 Å². The molecule has 31 heavy (non-hydrogen) atoms. The van der Waals surface area contributed by atoms with E-state index in [-0.39, 0.29) is 16.8 Å². The van der Waals surface area contributed by atoms with Crippen molar-refractivity contribution in [2.24, 2.45) is 0 Å². The SMILES string of the molecule is COc1ccc(OC)c([C@@H]2c3c(oc4ccc(Cl)cc4c3=O)C(=O)N2c2nccs2)c1. The lowest BCUT2D eigenvalue weighted by Gasteiger charge is -2.24. The maximum absolute atomic E-state index is 13.6. The summed E-state index contributed by atoms with van der Waals surface area (Å²) < 4.78 is 16.9. The molecule has 0 spiro atoms. The highest BCUT2D eigenvalue weighted by Crippen LogP contribution is 2.45. The lowest BCUT2D eigenvalue weighted by molar-refractivity contribution is 0.0970. The van der Waals surface area contributed by atoms with Crippen LogP contribution in [0.5, 0.6) is 11.5 Å². The minimum Gasteiger partial charge on any atom is -0.497 e. The van der Waals surface area contributed by atoms with Gasteiger partial charge in [-0.05, 0) is 36.4 Å². The minimum absolute atomic E-state index is 0.0232. The van der Waals surface area contributed by atoms with Crippen LogP contribution in [0.25, 0.3) is 11.0 Å².